The van der Waals surface area contributed by atoms with E-state index < -0.39 is 120 Å². The van der Waals surface area contributed by atoms with Crippen LogP contribution in [0.2, 0.25) is 0 Å². The lowest BCUT2D eigenvalue weighted by atomic mass is 9.82. The first-order valence-corrected chi connectivity index (χ1v) is 34.4. The quantitative estimate of drug-likeness (QED) is 0.0144. The topological polar surface area (TPSA) is 393 Å². The zero-order chi connectivity index (χ0) is 68.3. The Balaban J connectivity index is 1.61. The second-order valence-electron chi connectivity index (χ2n) is 24.6. The lowest BCUT2D eigenvalue weighted by Gasteiger charge is -2.39. The average Bonchev–Trinajstić information content (AvgIpc) is 2.83. The van der Waals surface area contributed by atoms with Crippen LogP contribution < -0.4 is 26.8 Å². The predicted octanol–water partition coefficient (Wildman–Crippen LogP) is 4.42. The number of Topliss-reactive ketones (excluding diaryl/α,β-unsaturated/α-hetero) is 1. The van der Waals surface area contributed by atoms with Crippen LogP contribution >= 0.6 is 32.9 Å². The van der Waals surface area contributed by atoms with Gasteiger partial charge in [-0.25, -0.2) is 20.0 Å². The number of esters is 1. The Bertz CT molecular complexity index is 2650. The van der Waals surface area contributed by atoms with E-state index in [4.69, 9.17) is 19.6 Å². The Hall–Kier alpha value is -5.66. The number of carboxylic acids is 1. The lowest BCUT2D eigenvalue weighted by Crippen LogP contribution is -2.53. The minimum absolute atomic E-state index is 0.0206. The summed E-state index contributed by atoms with van der Waals surface area (Å²) >= 11 is 1.28. The second-order valence-corrected chi connectivity index (χ2v) is 28.6. The number of amides is 6. The summed E-state index contributed by atoms with van der Waals surface area (Å²) in [4.78, 5) is 128. The third kappa shape index (κ3) is 26.7. The van der Waals surface area contributed by atoms with Gasteiger partial charge in [0.05, 0.1) is 28.5 Å². The van der Waals surface area contributed by atoms with Gasteiger partial charge >= 0.3 is 18.0 Å². The Morgan fingerprint density at radius 3 is 2.14 bits per heavy atom. The summed E-state index contributed by atoms with van der Waals surface area (Å²) in [5, 5.41) is 78.4. The number of carbonyl (C=O) groups is 9. The highest BCUT2D eigenvalue weighted by Crippen LogP contribution is 2.39. The Morgan fingerprint density at radius 2 is 1.53 bits per heavy atom. The van der Waals surface area contributed by atoms with Crippen molar-refractivity contribution in [3.8, 4) is 5.75 Å². The molecular weight excluding hydrogens is 1240 g/mol. The van der Waals surface area contributed by atoms with E-state index in [0.717, 1.165) is 53.0 Å². The molecule has 13 atom stereocenters. The maximum atomic E-state index is 14.9. The molecule has 29 heteroatoms. The van der Waals surface area contributed by atoms with Crippen molar-refractivity contribution in [2.75, 3.05) is 45.8 Å². The van der Waals surface area contributed by atoms with Gasteiger partial charge in [-0.15, -0.1) is 11.3 Å². The van der Waals surface area contributed by atoms with Gasteiger partial charge in [-0.05, 0) is 102 Å². The molecule has 0 bridgehead atoms. The molecule has 0 aliphatic carbocycles. The molecule has 6 amide bonds. The van der Waals surface area contributed by atoms with E-state index in [9.17, 15) is 73.8 Å². The van der Waals surface area contributed by atoms with Crippen LogP contribution in [0.1, 0.15) is 167 Å². The number of phenolic OH excluding ortho intramolecular Hbond substituents is 1. The lowest BCUT2D eigenvalue weighted by molar-refractivity contribution is -0.160. The summed E-state index contributed by atoms with van der Waals surface area (Å²) in [6.07, 6.45) is -3.45. The molecule has 2 aromatic rings. The van der Waals surface area contributed by atoms with Gasteiger partial charge in [-0.1, -0.05) is 102 Å². The number of hydrazine groups is 1. The highest BCUT2D eigenvalue weighted by Gasteiger charge is 2.41. The largest absolute Gasteiger partial charge is 0.508 e. The van der Waals surface area contributed by atoms with Gasteiger partial charge in [0.15, 0.2) is 12.5 Å². The highest BCUT2D eigenvalue weighted by molar-refractivity contribution is 8.77. The fourth-order valence-electron chi connectivity index (χ4n) is 10.3. The third-order valence-electron chi connectivity index (χ3n) is 16.4. The van der Waals surface area contributed by atoms with Crippen molar-refractivity contribution in [2.45, 2.75) is 206 Å². The number of hydrogen-bond acceptors (Lipinski definition) is 22. The Kier molecular flexibility index (Phi) is 34.8. The number of thiazole rings is 1. The number of nitrogens with zero attached hydrogens (tertiary/aromatic N) is 3. The molecule has 0 spiro atoms. The molecule has 26 nitrogen and oxygen atoms in total. The van der Waals surface area contributed by atoms with Gasteiger partial charge in [0.25, 0.3) is 5.91 Å². The normalized spacial score (nSPS) is 17.7. The number of ether oxygens (including phenoxy) is 2. The first kappa shape index (κ1) is 79.6. The molecule has 1 aromatic heterocycles. The van der Waals surface area contributed by atoms with Crippen LogP contribution in [0.4, 0.5) is 4.79 Å². The number of aliphatic carboxylic acids is 1. The van der Waals surface area contributed by atoms with Gasteiger partial charge in [0.1, 0.15) is 42.4 Å². The maximum Gasteiger partial charge on any atom is 0.426 e. The van der Waals surface area contributed by atoms with Gasteiger partial charge in [-0.2, -0.15) is 0 Å². The number of ketones is 1. The molecule has 1 fully saturated rings. The number of aromatic hydroxyl groups is 1. The number of piperidine rings is 1. The first-order valence-electron chi connectivity index (χ1n) is 31.2. The molecule has 1 unspecified atom stereocenters. The van der Waals surface area contributed by atoms with Crippen molar-refractivity contribution in [3.63, 3.8) is 0 Å². The summed E-state index contributed by atoms with van der Waals surface area (Å²) < 4.78 is 9.86. The molecule has 91 heavy (non-hydrogen) atoms. The molecule has 1 aromatic carbocycles. The number of carbonyl (C=O) groups excluding carboxylic acids is 8. The molecule has 0 radical (unpaired) electrons. The van der Waals surface area contributed by atoms with E-state index in [1.807, 2.05) is 48.6 Å². The zero-order valence-electron chi connectivity index (χ0n) is 54.4. The molecule has 1 aliphatic rings. The fourth-order valence-corrected chi connectivity index (χ4v) is 13.6. The third-order valence-corrected chi connectivity index (χ3v) is 20.7. The van der Waals surface area contributed by atoms with Crippen molar-refractivity contribution in [1.29, 1.82) is 0 Å². The van der Waals surface area contributed by atoms with Gasteiger partial charge in [0.2, 0.25) is 23.6 Å². The van der Waals surface area contributed by atoms with Crippen molar-refractivity contribution < 1.29 is 88.4 Å². The number of aliphatic hydroxyl groups is 5. The number of phenols is 1. The van der Waals surface area contributed by atoms with Crippen LogP contribution in [-0.2, 0) is 49.5 Å². The average molecular weight is 1340 g/mol. The maximum absolute atomic E-state index is 14.9. The molecule has 12 N–H and O–H groups in total. The van der Waals surface area contributed by atoms with Crippen LogP contribution in [0.15, 0.2) is 29.6 Å². The van der Waals surface area contributed by atoms with E-state index in [-0.39, 0.29) is 105 Å². The van der Waals surface area contributed by atoms with Gasteiger partial charge < -0.3 is 66.1 Å². The minimum atomic E-state index is -1.88. The molecule has 3 rings (SSSR count). The van der Waals surface area contributed by atoms with E-state index in [1.165, 1.54) is 30.4 Å². The number of hydrogen-bond donors (Lipinski definition) is 12. The number of aromatic nitrogens is 1. The zero-order valence-corrected chi connectivity index (χ0v) is 56.8. The van der Waals surface area contributed by atoms with Crippen molar-refractivity contribution in [3.05, 3.63) is 45.9 Å². The smallest absolute Gasteiger partial charge is 0.426 e. The number of likely N-dealkylation sites (N-methyl/N-ethyl adjacent to an activating group) is 1. The van der Waals surface area contributed by atoms with Crippen molar-refractivity contribution in [1.82, 2.24) is 41.6 Å². The molecule has 1 aliphatic heterocycles. The number of likely N-dealkylation sites (tertiary alicyclic amines) is 1. The van der Waals surface area contributed by atoms with Crippen molar-refractivity contribution >= 4 is 86.3 Å². The van der Waals surface area contributed by atoms with Crippen LogP contribution in [0.5, 0.6) is 5.75 Å². The van der Waals surface area contributed by atoms with Gasteiger partial charge in [-0.3, -0.25) is 43.9 Å². The van der Waals surface area contributed by atoms with Crippen LogP contribution in [0.3, 0.4) is 0 Å². The monoisotopic (exact) mass is 1340 g/mol. The fraction of sp³-hybridized carbons (Fsp3) is 0.710. The summed E-state index contributed by atoms with van der Waals surface area (Å²) in [6.45, 7) is 17.1. The summed E-state index contributed by atoms with van der Waals surface area (Å²) in [5.74, 6) is -6.93. The molecule has 2 heterocycles. The summed E-state index contributed by atoms with van der Waals surface area (Å²) in [6, 6.07) is 3.64. The first-order chi connectivity index (χ1) is 42.8. The van der Waals surface area contributed by atoms with Gasteiger partial charge in [0, 0.05) is 72.7 Å². The summed E-state index contributed by atoms with van der Waals surface area (Å²) in [7, 11) is 4.22. The van der Waals surface area contributed by atoms with E-state index >= 15 is 0 Å². The Morgan fingerprint density at radius 1 is 0.857 bits per heavy atom. The predicted molar refractivity (Wildman–Crippen MR) is 345 cm³/mol. The highest BCUT2D eigenvalue weighted by atomic mass is 33.1. The van der Waals surface area contributed by atoms with E-state index in [0.29, 0.717) is 24.3 Å². The van der Waals surface area contributed by atoms with E-state index in [1.54, 1.807) is 43.2 Å². The molecule has 514 valence electrons. The van der Waals surface area contributed by atoms with Crippen molar-refractivity contribution in [2.24, 2.45) is 29.6 Å². The second kappa shape index (κ2) is 39.8. The van der Waals surface area contributed by atoms with Crippen LogP contribution in [0.25, 0.3) is 0 Å². The standard InChI is InChI=1S/C62H100N8O18S3/c1-12-16-51(77)88-34-70(59(83)43(36(5)13-2)30-47(73)45-17-14-15-24-69(45)11)46(35(3)4)28-39(8)58-65-44(33-89-58)57(82)64-41(29-40-19-21-42(72)22-20-40)27-38(7)56(81)67-68-61(86)87-25-26-90-91-62(9,10)54(60(84)85)66-55(80)37(6)18-23-50(76)63-31-48(74)52(78)53(79)49(75)32-71/h19-22,33,35-39,41,43,45-46,48-49,52-54,71-72,74-75,78-79H,12-18,23-32,34H2,1-11H3,(H,63,76)(H,64,82)(H,66,80)(H,67,81)(H,68,86)(H,84,85)/t36?,37-,38-,39+,41+,43-,45+,46+,48-,49+,52+,53+,54-/m0/s1. The number of benzene rings is 1. The number of aliphatic hydroxyl groups excluding tert-OH is 5. The minimum Gasteiger partial charge on any atom is -0.508 e. The molecule has 0 saturated carbocycles. The number of nitrogens with one attached hydrogen (secondary N) is 5. The van der Waals surface area contributed by atoms with E-state index in [2.05, 4.69) is 31.7 Å². The number of rotatable bonds is 40. The molecular formula is C62H100N8O18S3. The summed E-state index contributed by atoms with van der Waals surface area (Å²) in [5.41, 5.74) is 5.44. The number of carboxylic acid groups (broad SMARTS) is 1. The van der Waals surface area contributed by atoms with Crippen LogP contribution in [-0.4, -0.2) is 203 Å². The SMILES string of the molecule is CCCC(=O)OCN(C(=O)[C@@H](CC(=O)[C@H]1CCCCN1C)C(C)CC)[C@H](C[C@@H](C)c1nc(C(=O)N[C@@H](Cc2ccc(O)cc2)C[C@H](C)C(=O)NNC(=O)OCCSSC(C)(C)[C@@H](NC(=O)[C@@H](C)CCC(=O)NC[C@H](O)[C@@H](O)[C@H](O)[C@H](O)CO)C(=O)O)cs1)C(C)C. The Labute approximate surface area is 546 Å². The van der Waals surface area contributed by atoms with Crippen LogP contribution in [0, 0.1) is 29.6 Å². The molecule has 1 saturated heterocycles.